The Morgan fingerprint density at radius 3 is 2.50 bits per heavy atom. The maximum Gasteiger partial charge on any atom is 0.128 e. The van der Waals surface area contributed by atoms with Crippen LogP contribution in [0.5, 0.6) is 0 Å². The van der Waals surface area contributed by atoms with Crippen LogP contribution >= 0.6 is 49.9 Å². The highest BCUT2D eigenvalue weighted by atomic mass is 127. The van der Waals surface area contributed by atoms with E-state index >= 15 is 0 Å². The fraction of sp³-hybridized carbons (Fsp3) is 0.533. The van der Waals surface area contributed by atoms with Gasteiger partial charge in [0.1, 0.15) is 5.82 Å². The molecule has 20 heavy (non-hydrogen) atoms. The van der Waals surface area contributed by atoms with E-state index < -0.39 is 0 Å². The average Bonchev–Trinajstić information content (AvgIpc) is 2.53. The molecule has 0 bridgehead atoms. The third kappa shape index (κ3) is 4.31. The van der Waals surface area contributed by atoms with E-state index in [1.807, 2.05) is 0 Å². The highest BCUT2D eigenvalue weighted by Crippen LogP contribution is 2.35. The Balaban J connectivity index is 2.29. The van der Waals surface area contributed by atoms with E-state index in [2.05, 4.69) is 90.6 Å². The van der Waals surface area contributed by atoms with Crippen LogP contribution in [0.15, 0.2) is 16.6 Å². The van der Waals surface area contributed by atoms with Crippen molar-refractivity contribution in [1.29, 1.82) is 0 Å². The SMILES string of the molecule is CC(C)(C)CC(C)(C)Nc1cc(Br)c2sc(I)cc2n1. The number of hydrogen-bond donors (Lipinski definition) is 1. The topological polar surface area (TPSA) is 24.9 Å². The van der Waals surface area contributed by atoms with E-state index in [-0.39, 0.29) is 11.0 Å². The van der Waals surface area contributed by atoms with Crippen molar-refractivity contribution >= 4 is 65.9 Å². The van der Waals surface area contributed by atoms with Crippen molar-refractivity contribution in [3.8, 4) is 0 Å². The summed E-state index contributed by atoms with van der Waals surface area (Å²) in [6.07, 6.45) is 1.08. The lowest BCUT2D eigenvalue weighted by molar-refractivity contribution is 0.302. The van der Waals surface area contributed by atoms with E-state index in [4.69, 9.17) is 4.98 Å². The molecule has 0 aliphatic carbocycles. The van der Waals surface area contributed by atoms with Crippen LogP contribution in [0, 0.1) is 8.30 Å². The lowest BCUT2D eigenvalue weighted by atomic mass is 9.82. The molecule has 0 aliphatic rings. The molecule has 110 valence electrons. The molecule has 0 fully saturated rings. The Kier molecular flexibility index (Phi) is 4.72. The molecule has 1 N–H and O–H groups in total. The smallest absolute Gasteiger partial charge is 0.128 e. The quantitative estimate of drug-likeness (QED) is 0.537. The number of anilines is 1. The Hall–Kier alpha value is 0.120. The van der Waals surface area contributed by atoms with Gasteiger partial charge in [0.15, 0.2) is 0 Å². The van der Waals surface area contributed by atoms with Gasteiger partial charge in [-0.3, -0.25) is 0 Å². The van der Waals surface area contributed by atoms with E-state index in [0.29, 0.717) is 0 Å². The maximum atomic E-state index is 4.74. The number of nitrogens with one attached hydrogen (secondary N) is 1. The lowest BCUT2D eigenvalue weighted by Gasteiger charge is -2.33. The number of pyridine rings is 1. The van der Waals surface area contributed by atoms with Gasteiger partial charge in [-0.25, -0.2) is 4.98 Å². The summed E-state index contributed by atoms with van der Waals surface area (Å²) in [5.74, 6) is 0.938. The Morgan fingerprint density at radius 2 is 1.90 bits per heavy atom. The minimum Gasteiger partial charge on any atom is -0.365 e. The van der Waals surface area contributed by atoms with Crippen molar-refractivity contribution in [3.63, 3.8) is 0 Å². The number of hydrogen-bond acceptors (Lipinski definition) is 3. The zero-order valence-electron chi connectivity index (χ0n) is 12.5. The molecule has 0 amide bonds. The largest absolute Gasteiger partial charge is 0.365 e. The van der Waals surface area contributed by atoms with Crippen LogP contribution < -0.4 is 5.32 Å². The summed E-state index contributed by atoms with van der Waals surface area (Å²) in [7, 11) is 0. The molecule has 0 atom stereocenters. The van der Waals surface area contributed by atoms with Crippen molar-refractivity contribution in [2.45, 2.75) is 46.6 Å². The molecule has 2 aromatic heterocycles. The van der Waals surface area contributed by atoms with Gasteiger partial charge < -0.3 is 5.32 Å². The first-order valence-electron chi connectivity index (χ1n) is 6.60. The fourth-order valence-corrected chi connectivity index (χ4v) is 5.08. The number of rotatable bonds is 3. The molecule has 5 heteroatoms. The number of halogens is 2. The molecule has 2 aromatic rings. The molecule has 0 spiro atoms. The summed E-state index contributed by atoms with van der Waals surface area (Å²) < 4.78 is 3.59. The number of aromatic nitrogens is 1. The van der Waals surface area contributed by atoms with Crippen LogP contribution in [0.25, 0.3) is 10.2 Å². The molecule has 2 nitrogen and oxygen atoms in total. The summed E-state index contributed by atoms with van der Waals surface area (Å²) in [4.78, 5) is 4.74. The average molecular weight is 467 g/mol. The molecule has 0 saturated heterocycles. The van der Waals surface area contributed by atoms with Crippen molar-refractivity contribution < 1.29 is 0 Å². The number of nitrogens with zero attached hydrogens (tertiary/aromatic N) is 1. The minimum absolute atomic E-state index is 0.0154. The van der Waals surface area contributed by atoms with E-state index in [1.165, 1.54) is 7.58 Å². The predicted octanol–water partition coefficient (Wildman–Crippen LogP) is 6.29. The molecule has 0 aliphatic heterocycles. The first kappa shape index (κ1) is 16.5. The second-order valence-corrected chi connectivity index (χ2v) is 10.8. The van der Waals surface area contributed by atoms with Crippen LogP contribution in [0.2, 0.25) is 0 Å². The van der Waals surface area contributed by atoms with Crippen molar-refractivity contribution in [2.24, 2.45) is 5.41 Å². The van der Waals surface area contributed by atoms with Gasteiger partial charge in [-0.05, 0) is 76.3 Å². The van der Waals surface area contributed by atoms with Crippen LogP contribution in [0.3, 0.4) is 0 Å². The minimum atomic E-state index is 0.0154. The summed E-state index contributed by atoms with van der Waals surface area (Å²) in [5.41, 5.74) is 1.36. The number of fused-ring (bicyclic) bond motifs is 1. The summed E-state index contributed by atoms with van der Waals surface area (Å²) in [6.45, 7) is 11.3. The van der Waals surface area contributed by atoms with Crippen molar-refractivity contribution in [2.75, 3.05) is 5.32 Å². The predicted molar refractivity (Wildman–Crippen MR) is 102 cm³/mol. The Labute approximate surface area is 147 Å². The second-order valence-electron chi connectivity index (χ2n) is 7.00. The highest BCUT2D eigenvalue weighted by Gasteiger charge is 2.25. The van der Waals surface area contributed by atoms with Gasteiger partial charge in [0.05, 0.1) is 13.1 Å². The number of thiophene rings is 1. The molecule has 2 heterocycles. The standard InChI is InChI=1S/C15H20BrIN2S/c1-14(2,3)8-15(4,5)19-12-6-9(16)13-10(18-12)7-11(17)20-13/h6-7H,8H2,1-5H3,(H,18,19). The van der Waals surface area contributed by atoms with Gasteiger partial charge in [0, 0.05) is 10.0 Å². The third-order valence-corrected chi connectivity index (χ3v) is 5.65. The molecular weight excluding hydrogens is 447 g/mol. The lowest BCUT2D eigenvalue weighted by Crippen LogP contribution is -2.35. The Morgan fingerprint density at radius 1 is 1.25 bits per heavy atom. The van der Waals surface area contributed by atoms with Crippen molar-refractivity contribution in [1.82, 2.24) is 4.98 Å². The van der Waals surface area contributed by atoms with Gasteiger partial charge in [0.2, 0.25) is 0 Å². The van der Waals surface area contributed by atoms with Crippen LogP contribution in [0.1, 0.15) is 41.0 Å². The summed E-state index contributed by atoms with van der Waals surface area (Å²) in [6, 6.07) is 4.21. The van der Waals surface area contributed by atoms with Crippen LogP contribution in [-0.2, 0) is 0 Å². The Bertz CT molecular complexity index is 629. The summed E-state index contributed by atoms with van der Waals surface area (Å²) >= 11 is 7.77. The van der Waals surface area contributed by atoms with Gasteiger partial charge in [-0.15, -0.1) is 11.3 Å². The van der Waals surface area contributed by atoms with E-state index in [9.17, 15) is 0 Å². The van der Waals surface area contributed by atoms with Gasteiger partial charge in [0.25, 0.3) is 0 Å². The van der Waals surface area contributed by atoms with Gasteiger partial charge >= 0.3 is 0 Å². The first-order valence-corrected chi connectivity index (χ1v) is 9.28. The molecular formula is C15H20BrIN2S. The monoisotopic (exact) mass is 466 g/mol. The summed E-state index contributed by atoms with van der Waals surface area (Å²) in [5, 5.41) is 3.58. The molecule has 0 radical (unpaired) electrons. The normalized spacial score (nSPS) is 12.9. The van der Waals surface area contributed by atoms with E-state index in [0.717, 1.165) is 22.2 Å². The maximum absolute atomic E-state index is 4.74. The van der Waals surface area contributed by atoms with Gasteiger partial charge in [-0.2, -0.15) is 0 Å². The molecule has 0 saturated carbocycles. The van der Waals surface area contributed by atoms with E-state index in [1.54, 1.807) is 11.3 Å². The van der Waals surface area contributed by atoms with Crippen LogP contribution in [-0.4, -0.2) is 10.5 Å². The third-order valence-electron chi connectivity index (χ3n) is 2.84. The van der Waals surface area contributed by atoms with Crippen LogP contribution in [0.4, 0.5) is 5.82 Å². The molecule has 0 unspecified atom stereocenters. The second kappa shape index (κ2) is 5.72. The van der Waals surface area contributed by atoms with Gasteiger partial charge in [-0.1, -0.05) is 20.8 Å². The fourth-order valence-electron chi connectivity index (χ4n) is 2.73. The molecule has 0 aromatic carbocycles. The first-order chi connectivity index (χ1) is 9.06. The molecule has 2 rings (SSSR count). The van der Waals surface area contributed by atoms with Crippen molar-refractivity contribution in [3.05, 3.63) is 19.5 Å². The highest BCUT2D eigenvalue weighted by molar-refractivity contribution is 14.1. The zero-order valence-corrected chi connectivity index (χ0v) is 17.0. The zero-order chi connectivity index (χ0) is 15.1.